The summed E-state index contributed by atoms with van der Waals surface area (Å²) in [7, 11) is 0. The van der Waals surface area contributed by atoms with Gasteiger partial charge in [-0.25, -0.2) is 4.39 Å². The third-order valence-corrected chi connectivity index (χ3v) is 3.10. The molecule has 1 amide bonds. The third-order valence-electron chi connectivity index (χ3n) is 3.10. The van der Waals surface area contributed by atoms with Gasteiger partial charge in [-0.2, -0.15) is 0 Å². The number of carbonyl (C=O) groups excluding carboxylic acids is 2. The van der Waals surface area contributed by atoms with Gasteiger partial charge < -0.3 is 10.1 Å². The van der Waals surface area contributed by atoms with Crippen LogP contribution in [0.3, 0.4) is 0 Å². The standard InChI is InChI=1S/C16H22FNO3/c1-6-21-15(20)13(16(3,4)5)14(19)18-12-8-7-11(17)9-10(12)2/h7-9,13H,6H2,1-5H3,(H,18,19). The number of benzene rings is 1. The molecule has 0 radical (unpaired) electrons. The average molecular weight is 295 g/mol. The summed E-state index contributed by atoms with van der Waals surface area (Å²) in [4.78, 5) is 24.4. The van der Waals surface area contributed by atoms with E-state index >= 15 is 0 Å². The largest absolute Gasteiger partial charge is 0.465 e. The zero-order chi connectivity index (χ0) is 16.2. The maximum Gasteiger partial charge on any atom is 0.319 e. The van der Waals surface area contributed by atoms with Crippen molar-refractivity contribution < 1.29 is 18.7 Å². The van der Waals surface area contributed by atoms with Crippen molar-refractivity contribution in [2.24, 2.45) is 11.3 Å². The Morgan fingerprint density at radius 1 is 1.33 bits per heavy atom. The normalized spacial score (nSPS) is 12.7. The zero-order valence-corrected chi connectivity index (χ0v) is 13.1. The first-order chi connectivity index (χ1) is 9.66. The zero-order valence-electron chi connectivity index (χ0n) is 13.1. The van der Waals surface area contributed by atoms with Gasteiger partial charge in [-0.1, -0.05) is 20.8 Å². The minimum Gasteiger partial charge on any atom is -0.465 e. The molecular weight excluding hydrogens is 273 g/mol. The molecule has 5 heteroatoms. The lowest BCUT2D eigenvalue weighted by Gasteiger charge is -2.27. The first kappa shape index (κ1) is 17.1. The molecule has 0 spiro atoms. The maximum absolute atomic E-state index is 13.1. The number of ether oxygens (including phenoxy) is 1. The van der Waals surface area contributed by atoms with Crippen molar-refractivity contribution in [1.82, 2.24) is 0 Å². The van der Waals surface area contributed by atoms with Crippen LogP contribution in [0, 0.1) is 24.1 Å². The molecule has 0 bridgehead atoms. The van der Waals surface area contributed by atoms with Gasteiger partial charge in [0, 0.05) is 5.69 Å². The number of hydrogen-bond donors (Lipinski definition) is 1. The Morgan fingerprint density at radius 2 is 1.95 bits per heavy atom. The van der Waals surface area contributed by atoms with Crippen LogP contribution in [-0.2, 0) is 14.3 Å². The fourth-order valence-corrected chi connectivity index (χ4v) is 2.05. The van der Waals surface area contributed by atoms with Crippen LogP contribution in [0.5, 0.6) is 0 Å². The van der Waals surface area contributed by atoms with Gasteiger partial charge in [0.05, 0.1) is 6.61 Å². The van der Waals surface area contributed by atoms with E-state index in [1.165, 1.54) is 18.2 Å². The number of halogens is 1. The van der Waals surface area contributed by atoms with Crippen molar-refractivity contribution in [3.63, 3.8) is 0 Å². The number of nitrogens with one attached hydrogen (secondary N) is 1. The second-order valence-corrected chi connectivity index (χ2v) is 6.00. The van der Waals surface area contributed by atoms with Gasteiger partial charge in [-0.3, -0.25) is 9.59 Å². The molecule has 0 saturated carbocycles. The molecule has 1 N–H and O–H groups in total. The summed E-state index contributed by atoms with van der Waals surface area (Å²) in [6, 6.07) is 4.07. The number of aryl methyl sites for hydroxylation is 1. The van der Waals surface area contributed by atoms with E-state index in [4.69, 9.17) is 4.74 Å². The molecule has 0 fully saturated rings. The van der Waals surface area contributed by atoms with Crippen molar-refractivity contribution in [3.8, 4) is 0 Å². The first-order valence-electron chi connectivity index (χ1n) is 6.90. The van der Waals surface area contributed by atoms with Crippen molar-refractivity contribution in [1.29, 1.82) is 0 Å². The molecule has 0 aliphatic rings. The summed E-state index contributed by atoms with van der Waals surface area (Å²) in [5.41, 5.74) is 0.504. The smallest absolute Gasteiger partial charge is 0.319 e. The van der Waals surface area contributed by atoms with Gasteiger partial charge in [-0.05, 0) is 43.0 Å². The molecule has 0 aliphatic heterocycles. The summed E-state index contributed by atoms with van der Waals surface area (Å²) >= 11 is 0. The van der Waals surface area contributed by atoms with Gasteiger partial charge in [0.25, 0.3) is 0 Å². The fourth-order valence-electron chi connectivity index (χ4n) is 2.05. The first-order valence-corrected chi connectivity index (χ1v) is 6.90. The Labute approximate surface area is 124 Å². The molecule has 21 heavy (non-hydrogen) atoms. The highest BCUT2D eigenvalue weighted by Gasteiger charge is 2.39. The molecule has 0 aromatic heterocycles. The fraction of sp³-hybridized carbons (Fsp3) is 0.500. The SMILES string of the molecule is CCOC(=O)C(C(=O)Nc1ccc(F)cc1C)C(C)(C)C. The number of hydrogen-bond acceptors (Lipinski definition) is 3. The second-order valence-electron chi connectivity index (χ2n) is 6.00. The lowest BCUT2D eigenvalue weighted by Crippen LogP contribution is -2.40. The summed E-state index contributed by atoms with van der Waals surface area (Å²) in [6.07, 6.45) is 0. The molecule has 1 unspecified atom stereocenters. The molecule has 1 aromatic carbocycles. The van der Waals surface area contributed by atoms with Gasteiger partial charge in [0.2, 0.25) is 5.91 Å². The van der Waals surface area contributed by atoms with E-state index in [1.54, 1.807) is 34.6 Å². The highest BCUT2D eigenvalue weighted by molar-refractivity contribution is 6.05. The van der Waals surface area contributed by atoms with Crippen LogP contribution in [0.15, 0.2) is 18.2 Å². The number of carbonyl (C=O) groups is 2. The lowest BCUT2D eigenvalue weighted by atomic mass is 9.80. The van der Waals surface area contributed by atoms with Crippen LogP contribution in [0.1, 0.15) is 33.3 Å². The van der Waals surface area contributed by atoms with E-state index in [1.807, 2.05) is 0 Å². The number of esters is 1. The van der Waals surface area contributed by atoms with Crippen molar-refractivity contribution in [3.05, 3.63) is 29.6 Å². The van der Waals surface area contributed by atoms with Crippen LogP contribution in [-0.4, -0.2) is 18.5 Å². The third kappa shape index (κ3) is 4.55. The summed E-state index contributed by atoms with van der Waals surface area (Å²) in [5, 5.41) is 2.68. The van der Waals surface area contributed by atoms with Gasteiger partial charge in [-0.15, -0.1) is 0 Å². The maximum atomic E-state index is 13.1. The highest BCUT2D eigenvalue weighted by atomic mass is 19.1. The lowest BCUT2D eigenvalue weighted by molar-refractivity contribution is -0.155. The van der Waals surface area contributed by atoms with Crippen LogP contribution in [0.25, 0.3) is 0 Å². The highest BCUT2D eigenvalue weighted by Crippen LogP contribution is 2.29. The molecule has 1 rings (SSSR count). The molecule has 116 valence electrons. The minimum atomic E-state index is -0.929. The molecule has 0 heterocycles. The van der Waals surface area contributed by atoms with Crippen LogP contribution < -0.4 is 5.32 Å². The van der Waals surface area contributed by atoms with E-state index in [0.717, 1.165) is 0 Å². The van der Waals surface area contributed by atoms with E-state index in [0.29, 0.717) is 11.3 Å². The van der Waals surface area contributed by atoms with E-state index in [2.05, 4.69) is 5.32 Å². The van der Waals surface area contributed by atoms with Crippen molar-refractivity contribution in [2.45, 2.75) is 34.6 Å². The summed E-state index contributed by atoms with van der Waals surface area (Å²) in [6.45, 7) is 8.99. The monoisotopic (exact) mass is 295 g/mol. The van der Waals surface area contributed by atoms with Crippen molar-refractivity contribution >= 4 is 17.6 Å². The Morgan fingerprint density at radius 3 is 2.43 bits per heavy atom. The molecular formula is C16H22FNO3. The predicted molar refractivity (Wildman–Crippen MR) is 79.3 cm³/mol. The Kier molecular flexibility index (Phi) is 5.47. The molecule has 1 atom stereocenters. The predicted octanol–water partition coefficient (Wildman–Crippen LogP) is 3.30. The second kappa shape index (κ2) is 6.70. The van der Waals surface area contributed by atoms with Crippen LogP contribution in [0.2, 0.25) is 0 Å². The minimum absolute atomic E-state index is 0.217. The van der Waals surface area contributed by atoms with Gasteiger partial charge >= 0.3 is 5.97 Å². The average Bonchev–Trinajstić information content (AvgIpc) is 2.31. The molecule has 0 aliphatic carbocycles. The molecule has 1 aromatic rings. The van der Waals surface area contributed by atoms with E-state index in [-0.39, 0.29) is 12.4 Å². The molecule has 0 saturated heterocycles. The Bertz CT molecular complexity index is 535. The van der Waals surface area contributed by atoms with Crippen molar-refractivity contribution in [2.75, 3.05) is 11.9 Å². The number of anilines is 1. The van der Waals surface area contributed by atoms with Crippen LogP contribution >= 0.6 is 0 Å². The summed E-state index contributed by atoms with van der Waals surface area (Å²) < 4.78 is 18.1. The van der Waals surface area contributed by atoms with E-state index in [9.17, 15) is 14.0 Å². The summed E-state index contributed by atoms with van der Waals surface area (Å²) in [5.74, 6) is -2.30. The Balaban J connectivity index is 2.99. The number of amides is 1. The topological polar surface area (TPSA) is 55.4 Å². The quantitative estimate of drug-likeness (QED) is 0.685. The number of rotatable bonds is 4. The Hall–Kier alpha value is -1.91. The van der Waals surface area contributed by atoms with Gasteiger partial charge in [0.15, 0.2) is 0 Å². The molecule has 4 nitrogen and oxygen atoms in total. The van der Waals surface area contributed by atoms with Gasteiger partial charge in [0.1, 0.15) is 11.7 Å². The van der Waals surface area contributed by atoms with Crippen LogP contribution in [0.4, 0.5) is 10.1 Å². The van der Waals surface area contributed by atoms with E-state index < -0.39 is 23.2 Å².